The van der Waals surface area contributed by atoms with Crippen molar-refractivity contribution in [2.24, 2.45) is 0 Å². The quantitative estimate of drug-likeness (QED) is 0.501. The Balaban J connectivity index is 2.14. The van der Waals surface area contributed by atoms with Crippen molar-refractivity contribution >= 4 is 12.6 Å². The second kappa shape index (κ2) is 2.58. The molecule has 0 amide bonds. The maximum absolute atomic E-state index is 4.14. The van der Waals surface area contributed by atoms with E-state index in [1.165, 1.54) is 25.9 Å². The predicted molar refractivity (Wildman–Crippen MR) is 34.7 cm³/mol. The van der Waals surface area contributed by atoms with E-state index in [0.29, 0.717) is 0 Å². The molecular formula is C5H11NS. The fraction of sp³-hybridized carbons (Fsp3) is 1.00. The van der Waals surface area contributed by atoms with Crippen LogP contribution in [0.2, 0.25) is 0 Å². The van der Waals surface area contributed by atoms with Crippen molar-refractivity contribution in [3.8, 4) is 0 Å². The van der Waals surface area contributed by atoms with E-state index in [0.717, 1.165) is 5.88 Å². The molecular weight excluding hydrogens is 106 g/mol. The molecule has 1 rings (SSSR count). The van der Waals surface area contributed by atoms with Crippen molar-refractivity contribution in [2.75, 3.05) is 19.0 Å². The van der Waals surface area contributed by atoms with Crippen LogP contribution in [0.5, 0.6) is 0 Å². The molecule has 1 aliphatic rings. The maximum Gasteiger partial charge on any atom is 0.0414 e. The van der Waals surface area contributed by atoms with Gasteiger partial charge in [0.05, 0.1) is 0 Å². The molecule has 0 saturated carbocycles. The van der Waals surface area contributed by atoms with E-state index in [1.54, 1.807) is 0 Å². The molecule has 1 saturated heterocycles. The molecule has 0 N–H and O–H groups in total. The van der Waals surface area contributed by atoms with Crippen LogP contribution in [0.4, 0.5) is 0 Å². The van der Waals surface area contributed by atoms with E-state index in [9.17, 15) is 0 Å². The van der Waals surface area contributed by atoms with Gasteiger partial charge >= 0.3 is 0 Å². The summed E-state index contributed by atoms with van der Waals surface area (Å²) < 4.78 is 0. The zero-order valence-corrected chi connectivity index (χ0v) is 5.32. The Hall–Kier alpha value is 0.310. The summed E-state index contributed by atoms with van der Waals surface area (Å²) in [5.41, 5.74) is 0. The minimum absolute atomic E-state index is 0.944. The van der Waals surface area contributed by atoms with Crippen LogP contribution in [0.25, 0.3) is 0 Å². The first-order chi connectivity index (χ1) is 3.43. The molecule has 1 aliphatic heterocycles. The second-order valence-electron chi connectivity index (χ2n) is 1.97. The number of likely N-dealkylation sites (tertiary alicyclic amines) is 1. The Labute approximate surface area is 50.1 Å². The lowest BCUT2D eigenvalue weighted by molar-refractivity contribution is 0.402. The number of thiol groups is 1. The summed E-state index contributed by atoms with van der Waals surface area (Å²) >= 11 is 4.14. The van der Waals surface area contributed by atoms with Gasteiger partial charge in [-0.25, -0.2) is 0 Å². The Bertz CT molecular complexity index is 50.0. The van der Waals surface area contributed by atoms with E-state index in [-0.39, 0.29) is 0 Å². The minimum Gasteiger partial charge on any atom is -0.294 e. The van der Waals surface area contributed by atoms with Gasteiger partial charge in [0.15, 0.2) is 0 Å². The van der Waals surface area contributed by atoms with Crippen molar-refractivity contribution in [1.29, 1.82) is 0 Å². The third-order valence-corrected chi connectivity index (χ3v) is 1.80. The molecule has 0 spiro atoms. The van der Waals surface area contributed by atoms with Gasteiger partial charge in [-0.15, -0.1) is 0 Å². The summed E-state index contributed by atoms with van der Waals surface area (Å²) in [5.74, 6) is 0.944. The number of rotatable bonds is 1. The van der Waals surface area contributed by atoms with Crippen molar-refractivity contribution in [2.45, 2.75) is 12.8 Å². The van der Waals surface area contributed by atoms with Crippen molar-refractivity contribution < 1.29 is 0 Å². The standard InChI is InChI=1S/C5H11NS/c7-5-6-3-1-2-4-6/h7H,1-5H2. The monoisotopic (exact) mass is 117 g/mol. The smallest absolute Gasteiger partial charge is 0.0414 e. The maximum atomic E-state index is 4.14. The summed E-state index contributed by atoms with van der Waals surface area (Å²) in [6.07, 6.45) is 2.75. The van der Waals surface area contributed by atoms with Crippen molar-refractivity contribution in [3.05, 3.63) is 0 Å². The molecule has 0 bridgehead atoms. The Morgan fingerprint density at radius 3 is 2.14 bits per heavy atom. The van der Waals surface area contributed by atoms with Crippen LogP contribution in [0.15, 0.2) is 0 Å². The zero-order chi connectivity index (χ0) is 5.11. The topological polar surface area (TPSA) is 3.24 Å². The lowest BCUT2D eigenvalue weighted by atomic mass is 10.4. The van der Waals surface area contributed by atoms with Crippen LogP contribution in [-0.2, 0) is 0 Å². The zero-order valence-electron chi connectivity index (χ0n) is 4.43. The van der Waals surface area contributed by atoms with Crippen molar-refractivity contribution in [1.82, 2.24) is 4.90 Å². The molecule has 7 heavy (non-hydrogen) atoms. The van der Waals surface area contributed by atoms with Gasteiger partial charge in [-0.2, -0.15) is 12.6 Å². The molecule has 0 unspecified atom stereocenters. The van der Waals surface area contributed by atoms with Gasteiger partial charge in [0, 0.05) is 5.88 Å². The van der Waals surface area contributed by atoms with Gasteiger partial charge in [0.1, 0.15) is 0 Å². The number of hydrogen-bond acceptors (Lipinski definition) is 2. The molecule has 1 nitrogen and oxygen atoms in total. The third-order valence-electron chi connectivity index (χ3n) is 1.40. The average molecular weight is 117 g/mol. The Morgan fingerprint density at radius 2 is 1.86 bits per heavy atom. The summed E-state index contributed by atoms with van der Waals surface area (Å²) in [5, 5.41) is 0. The molecule has 0 radical (unpaired) electrons. The van der Waals surface area contributed by atoms with E-state index in [2.05, 4.69) is 17.5 Å². The van der Waals surface area contributed by atoms with E-state index < -0.39 is 0 Å². The highest BCUT2D eigenvalue weighted by Gasteiger charge is 2.07. The van der Waals surface area contributed by atoms with Gasteiger partial charge in [-0.3, -0.25) is 4.90 Å². The first-order valence-electron chi connectivity index (χ1n) is 2.76. The molecule has 2 heteroatoms. The van der Waals surface area contributed by atoms with Gasteiger partial charge in [0.25, 0.3) is 0 Å². The van der Waals surface area contributed by atoms with Crippen LogP contribution in [-0.4, -0.2) is 23.9 Å². The van der Waals surface area contributed by atoms with Gasteiger partial charge in [0.2, 0.25) is 0 Å². The molecule has 42 valence electrons. The summed E-state index contributed by atoms with van der Waals surface area (Å²) in [6, 6.07) is 0. The molecule has 0 aromatic heterocycles. The SMILES string of the molecule is SCN1CCCC1. The van der Waals surface area contributed by atoms with Crippen LogP contribution >= 0.6 is 12.6 Å². The molecule has 1 heterocycles. The van der Waals surface area contributed by atoms with Gasteiger partial charge in [-0.05, 0) is 25.9 Å². The van der Waals surface area contributed by atoms with Crippen LogP contribution in [0.3, 0.4) is 0 Å². The van der Waals surface area contributed by atoms with E-state index in [1.807, 2.05) is 0 Å². The molecule has 0 aromatic rings. The van der Waals surface area contributed by atoms with Crippen LogP contribution in [0.1, 0.15) is 12.8 Å². The third kappa shape index (κ3) is 1.35. The largest absolute Gasteiger partial charge is 0.294 e. The van der Waals surface area contributed by atoms with Crippen LogP contribution < -0.4 is 0 Å². The summed E-state index contributed by atoms with van der Waals surface area (Å²) in [4.78, 5) is 2.35. The molecule has 1 fully saturated rings. The first kappa shape index (κ1) is 5.45. The lowest BCUT2D eigenvalue weighted by Crippen LogP contribution is -2.16. The van der Waals surface area contributed by atoms with E-state index >= 15 is 0 Å². The fourth-order valence-corrected chi connectivity index (χ4v) is 1.21. The molecule has 0 atom stereocenters. The normalized spacial score (nSPS) is 23.6. The highest BCUT2D eigenvalue weighted by Crippen LogP contribution is 2.06. The summed E-state index contributed by atoms with van der Waals surface area (Å²) in [7, 11) is 0. The number of nitrogens with zero attached hydrogens (tertiary/aromatic N) is 1. The average Bonchev–Trinajstić information content (AvgIpc) is 2.14. The summed E-state index contributed by atoms with van der Waals surface area (Å²) in [6.45, 7) is 2.53. The molecule has 0 aliphatic carbocycles. The lowest BCUT2D eigenvalue weighted by Gasteiger charge is -2.07. The van der Waals surface area contributed by atoms with Crippen molar-refractivity contribution in [3.63, 3.8) is 0 Å². The van der Waals surface area contributed by atoms with Gasteiger partial charge in [-0.1, -0.05) is 0 Å². The highest BCUT2D eigenvalue weighted by atomic mass is 32.1. The van der Waals surface area contributed by atoms with E-state index in [4.69, 9.17) is 0 Å². The number of hydrogen-bond donors (Lipinski definition) is 1. The van der Waals surface area contributed by atoms with Gasteiger partial charge < -0.3 is 0 Å². The Kier molecular flexibility index (Phi) is 2.00. The fourth-order valence-electron chi connectivity index (χ4n) is 0.924. The second-order valence-corrected chi connectivity index (χ2v) is 2.25. The first-order valence-corrected chi connectivity index (χ1v) is 3.40. The Morgan fingerprint density at radius 1 is 1.29 bits per heavy atom. The predicted octanol–water partition coefficient (Wildman–Crippen LogP) is 0.970. The highest BCUT2D eigenvalue weighted by molar-refractivity contribution is 7.80. The molecule has 0 aromatic carbocycles. The van der Waals surface area contributed by atoms with Crippen LogP contribution in [0, 0.1) is 0 Å². The minimum atomic E-state index is 0.944.